The number of thiocarbonyl (C=S) groups is 1. The summed E-state index contributed by atoms with van der Waals surface area (Å²) >= 11 is 4.90. The maximum Gasteiger partial charge on any atom is 0.188 e. The molecule has 1 rings (SSSR count). The number of aryl methyl sites for hydroxylation is 1. The Morgan fingerprint density at radius 2 is 2.24 bits per heavy atom. The van der Waals surface area contributed by atoms with Crippen LogP contribution < -0.4 is 5.73 Å². The van der Waals surface area contributed by atoms with Gasteiger partial charge in [-0.05, 0) is 11.1 Å². The van der Waals surface area contributed by atoms with Gasteiger partial charge in [0.25, 0.3) is 0 Å². The van der Waals surface area contributed by atoms with E-state index in [2.05, 4.69) is 34.2 Å². The molecule has 6 nitrogen and oxygen atoms in total. The Balaban J connectivity index is 2.53. The quantitative estimate of drug-likeness (QED) is 0.709. The Morgan fingerprint density at radius 1 is 1.53 bits per heavy atom. The fourth-order valence-electron chi connectivity index (χ4n) is 1.61. The molecule has 0 fully saturated rings. The lowest BCUT2D eigenvalue weighted by atomic mass is 10.2. The molecule has 0 saturated heterocycles. The molecule has 1 aromatic heterocycles. The van der Waals surface area contributed by atoms with Crippen LogP contribution >= 0.6 is 12.2 Å². The van der Waals surface area contributed by atoms with Crippen LogP contribution in [0.4, 0.5) is 0 Å². The number of aromatic nitrogens is 4. The van der Waals surface area contributed by atoms with E-state index in [1.165, 1.54) is 4.80 Å². The zero-order chi connectivity index (χ0) is 12.8. The molecule has 0 atom stereocenters. The summed E-state index contributed by atoms with van der Waals surface area (Å²) in [4.78, 5) is 4.27. The van der Waals surface area contributed by atoms with Crippen LogP contribution in [0.25, 0.3) is 0 Å². The summed E-state index contributed by atoms with van der Waals surface area (Å²) in [5.41, 5.74) is 5.53. The van der Waals surface area contributed by atoms with E-state index >= 15 is 0 Å². The summed E-state index contributed by atoms with van der Waals surface area (Å²) in [5.74, 6) is 1.31. The summed E-state index contributed by atoms with van der Waals surface area (Å²) in [7, 11) is 1.76. The summed E-state index contributed by atoms with van der Waals surface area (Å²) in [6.45, 7) is 6.86. The predicted octanol–water partition coefficient (Wildman–Crippen LogP) is 0.344. The van der Waals surface area contributed by atoms with Gasteiger partial charge in [-0.2, -0.15) is 4.80 Å². The van der Waals surface area contributed by atoms with Gasteiger partial charge >= 0.3 is 0 Å². The van der Waals surface area contributed by atoms with Gasteiger partial charge in [-0.15, -0.1) is 10.2 Å². The molecule has 0 radical (unpaired) electrons. The third-order valence-electron chi connectivity index (χ3n) is 2.21. The first-order valence-corrected chi connectivity index (χ1v) is 6.11. The molecule has 0 spiro atoms. The highest BCUT2D eigenvalue weighted by molar-refractivity contribution is 7.80. The second-order valence-electron chi connectivity index (χ2n) is 4.54. The Labute approximate surface area is 107 Å². The lowest BCUT2D eigenvalue weighted by Crippen LogP contribution is -2.31. The Morgan fingerprint density at radius 3 is 2.71 bits per heavy atom. The van der Waals surface area contributed by atoms with Gasteiger partial charge in [0.15, 0.2) is 5.82 Å². The molecule has 0 unspecified atom stereocenters. The van der Waals surface area contributed by atoms with Crippen molar-refractivity contribution in [3.63, 3.8) is 0 Å². The number of tetrazole rings is 1. The smallest absolute Gasteiger partial charge is 0.188 e. The van der Waals surface area contributed by atoms with Crippen LogP contribution in [-0.2, 0) is 13.6 Å². The molecule has 0 amide bonds. The number of hydrogen-bond acceptors (Lipinski definition) is 5. The number of rotatable bonds is 7. The van der Waals surface area contributed by atoms with Gasteiger partial charge in [-0.25, -0.2) is 0 Å². The molecular weight excluding hydrogens is 236 g/mol. The monoisotopic (exact) mass is 256 g/mol. The van der Waals surface area contributed by atoms with Crippen molar-refractivity contribution in [2.45, 2.75) is 26.8 Å². The first-order valence-electron chi connectivity index (χ1n) is 5.71. The summed E-state index contributed by atoms with van der Waals surface area (Å²) < 4.78 is 0. The predicted molar refractivity (Wildman–Crippen MR) is 70.3 cm³/mol. The van der Waals surface area contributed by atoms with Gasteiger partial charge in [0, 0.05) is 19.5 Å². The van der Waals surface area contributed by atoms with E-state index < -0.39 is 0 Å². The van der Waals surface area contributed by atoms with Gasteiger partial charge < -0.3 is 5.73 Å². The van der Waals surface area contributed by atoms with Crippen molar-refractivity contribution in [1.29, 1.82) is 0 Å². The summed E-state index contributed by atoms with van der Waals surface area (Å²) in [6.07, 6.45) is 0.725. The standard InChI is InChI=1S/C10H20N6S/c1-8(2)6-16(5-4-9(11)17)7-10-12-14-15(3)13-10/h8H,4-7H2,1-3H3,(H2,11,17). The molecule has 0 aromatic carbocycles. The van der Waals surface area contributed by atoms with Crippen molar-refractivity contribution in [3.8, 4) is 0 Å². The molecule has 0 saturated carbocycles. The lowest BCUT2D eigenvalue weighted by molar-refractivity contribution is 0.237. The van der Waals surface area contributed by atoms with Crippen molar-refractivity contribution in [1.82, 2.24) is 25.1 Å². The average molecular weight is 256 g/mol. The van der Waals surface area contributed by atoms with Gasteiger partial charge in [0.1, 0.15) is 0 Å². The zero-order valence-corrected chi connectivity index (χ0v) is 11.4. The first kappa shape index (κ1) is 14.0. The third kappa shape index (κ3) is 5.69. The lowest BCUT2D eigenvalue weighted by Gasteiger charge is -2.22. The molecule has 0 aliphatic rings. The van der Waals surface area contributed by atoms with Crippen LogP contribution in [0, 0.1) is 5.92 Å². The molecule has 2 N–H and O–H groups in total. The summed E-state index contributed by atoms with van der Waals surface area (Å²) in [6, 6.07) is 0. The minimum atomic E-state index is 0.547. The zero-order valence-electron chi connectivity index (χ0n) is 10.6. The van der Waals surface area contributed by atoms with Crippen LogP contribution in [0.2, 0.25) is 0 Å². The van der Waals surface area contributed by atoms with E-state index in [9.17, 15) is 0 Å². The molecule has 17 heavy (non-hydrogen) atoms. The van der Waals surface area contributed by atoms with Gasteiger partial charge in [-0.3, -0.25) is 4.90 Å². The van der Waals surface area contributed by atoms with Crippen molar-refractivity contribution in [3.05, 3.63) is 5.82 Å². The van der Waals surface area contributed by atoms with Crippen LogP contribution in [-0.4, -0.2) is 43.2 Å². The van der Waals surface area contributed by atoms with Gasteiger partial charge in [0.05, 0.1) is 18.6 Å². The van der Waals surface area contributed by atoms with Crippen LogP contribution in [0.5, 0.6) is 0 Å². The molecule has 0 bridgehead atoms. The van der Waals surface area contributed by atoms with Crippen LogP contribution in [0.1, 0.15) is 26.1 Å². The molecular formula is C10H20N6S. The number of nitrogens with two attached hydrogens (primary N) is 1. The number of hydrogen-bond donors (Lipinski definition) is 1. The van der Waals surface area contributed by atoms with E-state index in [0.29, 0.717) is 17.5 Å². The fourth-order valence-corrected chi connectivity index (χ4v) is 1.70. The van der Waals surface area contributed by atoms with Crippen molar-refractivity contribution >= 4 is 17.2 Å². The van der Waals surface area contributed by atoms with Crippen molar-refractivity contribution in [2.24, 2.45) is 18.7 Å². The van der Waals surface area contributed by atoms with Crippen LogP contribution in [0.3, 0.4) is 0 Å². The largest absolute Gasteiger partial charge is 0.393 e. The first-order chi connectivity index (χ1) is 7.97. The second kappa shape index (κ2) is 6.61. The van der Waals surface area contributed by atoms with Crippen molar-refractivity contribution < 1.29 is 0 Å². The van der Waals surface area contributed by atoms with Crippen molar-refractivity contribution in [2.75, 3.05) is 13.1 Å². The Hall–Kier alpha value is -1.08. The Kier molecular flexibility index (Phi) is 5.43. The normalized spacial score (nSPS) is 11.4. The van der Waals surface area contributed by atoms with E-state index in [-0.39, 0.29) is 0 Å². The summed E-state index contributed by atoms with van der Waals surface area (Å²) in [5, 5.41) is 12.0. The topological polar surface area (TPSA) is 72.9 Å². The fraction of sp³-hybridized carbons (Fsp3) is 0.800. The number of nitrogens with zero attached hydrogens (tertiary/aromatic N) is 5. The maximum atomic E-state index is 5.53. The molecule has 7 heteroatoms. The van der Waals surface area contributed by atoms with E-state index in [0.717, 1.165) is 25.3 Å². The average Bonchev–Trinajstić information content (AvgIpc) is 2.59. The van der Waals surface area contributed by atoms with E-state index in [1.54, 1.807) is 7.05 Å². The third-order valence-corrected chi connectivity index (χ3v) is 2.42. The molecule has 1 aromatic rings. The van der Waals surface area contributed by atoms with Gasteiger partial charge in [-0.1, -0.05) is 26.1 Å². The minimum absolute atomic E-state index is 0.547. The van der Waals surface area contributed by atoms with E-state index in [4.69, 9.17) is 18.0 Å². The minimum Gasteiger partial charge on any atom is -0.393 e. The maximum absolute atomic E-state index is 5.53. The highest BCUT2D eigenvalue weighted by atomic mass is 32.1. The second-order valence-corrected chi connectivity index (χ2v) is 5.06. The molecule has 0 aliphatic heterocycles. The molecule has 1 heterocycles. The molecule has 0 aliphatic carbocycles. The van der Waals surface area contributed by atoms with Gasteiger partial charge in [0.2, 0.25) is 0 Å². The van der Waals surface area contributed by atoms with Crippen LogP contribution in [0.15, 0.2) is 0 Å². The molecule has 96 valence electrons. The van der Waals surface area contributed by atoms with E-state index in [1.807, 2.05) is 0 Å². The highest BCUT2D eigenvalue weighted by Gasteiger charge is 2.11. The SMILES string of the molecule is CC(C)CN(CCC(N)=S)Cc1nnn(C)n1. The Bertz CT molecular complexity index is 361. The highest BCUT2D eigenvalue weighted by Crippen LogP contribution is 2.04.